The zero-order chi connectivity index (χ0) is 14.7. The second-order valence-electron chi connectivity index (χ2n) is 4.54. The van der Waals surface area contributed by atoms with Crippen LogP contribution in [0, 0.1) is 6.92 Å². The number of aromatic nitrogens is 1. The quantitative estimate of drug-likeness (QED) is 0.634. The van der Waals surface area contributed by atoms with E-state index in [1.807, 2.05) is 18.2 Å². The number of esters is 1. The van der Waals surface area contributed by atoms with Gasteiger partial charge >= 0.3 is 5.97 Å². The van der Waals surface area contributed by atoms with Crippen molar-refractivity contribution in [1.29, 1.82) is 0 Å². The van der Waals surface area contributed by atoms with Crippen molar-refractivity contribution >= 4 is 11.8 Å². The Balaban J connectivity index is 2.42. The zero-order valence-electron chi connectivity index (χ0n) is 11.8. The van der Waals surface area contributed by atoms with E-state index in [1.54, 1.807) is 43.7 Å². The van der Waals surface area contributed by atoms with Crippen molar-refractivity contribution in [3.63, 3.8) is 0 Å². The molecule has 1 aromatic carbocycles. The van der Waals surface area contributed by atoms with Gasteiger partial charge in [-0.25, -0.2) is 4.79 Å². The first-order chi connectivity index (χ1) is 9.56. The van der Waals surface area contributed by atoms with Gasteiger partial charge in [0.1, 0.15) is 5.69 Å². The van der Waals surface area contributed by atoms with Crippen LogP contribution in [0.4, 0.5) is 0 Å². The lowest BCUT2D eigenvalue weighted by atomic mass is 10.1. The van der Waals surface area contributed by atoms with E-state index in [0.717, 1.165) is 5.56 Å². The molecule has 0 aliphatic carbocycles. The minimum atomic E-state index is -0.403. The third kappa shape index (κ3) is 2.50. The molecule has 0 atom stereocenters. The monoisotopic (exact) mass is 271 g/mol. The predicted octanol–water partition coefficient (Wildman–Crippen LogP) is 2.74. The summed E-state index contributed by atoms with van der Waals surface area (Å²) in [5.74, 6) is -0.508. The summed E-state index contributed by atoms with van der Waals surface area (Å²) in [5, 5.41) is 0. The molecule has 4 nitrogen and oxygen atoms in total. The van der Waals surface area contributed by atoms with Crippen molar-refractivity contribution in [3.8, 4) is 0 Å². The van der Waals surface area contributed by atoms with E-state index in [4.69, 9.17) is 4.74 Å². The van der Waals surface area contributed by atoms with Crippen LogP contribution in [-0.2, 0) is 11.8 Å². The molecule has 2 aromatic rings. The molecule has 0 aliphatic heterocycles. The Kier molecular flexibility index (Phi) is 4.03. The number of ketones is 1. The molecule has 2 rings (SSSR count). The number of carbonyl (C=O) groups is 2. The van der Waals surface area contributed by atoms with E-state index in [1.165, 1.54) is 0 Å². The Morgan fingerprint density at radius 3 is 2.45 bits per heavy atom. The molecule has 0 unspecified atom stereocenters. The van der Waals surface area contributed by atoms with Gasteiger partial charge in [-0.3, -0.25) is 4.79 Å². The normalized spacial score (nSPS) is 10.3. The molecule has 0 fully saturated rings. The molecule has 20 heavy (non-hydrogen) atoms. The highest BCUT2D eigenvalue weighted by atomic mass is 16.5. The second-order valence-corrected chi connectivity index (χ2v) is 4.54. The zero-order valence-corrected chi connectivity index (χ0v) is 11.8. The molecule has 0 amide bonds. The van der Waals surface area contributed by atoms with Gasteiger partial charge in [-0.1, -0.05) is 30.3 Å². The SMILES string of the molecule is CCOC(=O)c1c(C)cc(C(=O)c2ccccc2)n1C. The molecule has 0 saturated carbocycles. The van der Waals surface area contributed by atoms with Crippen molar-refractivity contribution in [1.82, 2.24) is 4.57 Å². The Hall–Kier alpha value is -2.36. The van der Waals surface area contributed by atoms with E-state index in [9.17, 15) is 9.59 Å². The fraction of sp³-hybridized carbons (Fsp3) is 0.250. The highest BCUT2D eigenvalue weighted by molar-refractivity contribution is 6.09. The number of hydrogen-bond acceptors (Lipinski definition) is 3. The Morgan fingerprint density at radius 1 is 1.20 bits per heavy atom. The summed E-state index contributed by atoms with van der Waals surface area (Å²) < 4.78 is 6.62. The van der Waals surface area contributed by atoms with Crippen LogP contribution in [0.3, 0.4) is 0 Å². The Labute approximate surface area is 118 Å². The van der Waals surface area contributed by atoms with Gasteiger partial charge in [0.25, 0.3) is 0 Å². The number of nitrogens with zero attached hydrogens (tertiary/aromatic N) is 1. The van der Waals surface area contributed by atoms with E-state index in [0.29, 0.717) is 23.6 Å². The maximum Gasteiger partial charge on any atom is 0.355 e. The molecular weight excluding hydrogens is 254 g/mol. The van der Waals surface area contributed by atoms with Crippen molar-refractivity contribution in [2.75, 3.05) is 6.61 Å². The summed E-state index contributed by atoms with van der Waals surface area (Å²) >= 11 is 0. The topological polar surface area (TPSA) is 48.3 Å². The van der Waals surface area contributed by atoms with Gasteiger partial charge in [0.05, 0.1) is 12.3 Å². The molecule has 1 heterocycles. The largest absolute Gasteiger partial charge is 0.461 e. The lowest BCUT2D eigenvalue weighted by Gasteiger charge is -2.07. The summed E-state index contributed by atoms with van der Waals surface area (Å²) in [6, 6.07) is 10.7. The van der Waals surface area contributed by atoms with Crippen molar-refractivity contribution in [2.24, 2.45) is 7.05 Å². The molecule has 0 N–H and O–H groups in total. The standard InChI is InChI=1S/C16H17NO3/c1-4-20-16(19)14-11(2)10-13(17(14)3)15(18)12-8-6-5-7-9-12/h5-10H,4H2,1-3H3. The van der Waals surface area contributed by atoms with Crippen molar-refractivity contribution < 1.29 is 14.3 Å². The number of hydrogen-bond donors (Lipinski definition) is 0. The van der Waals surface area contributed by atoms with Crippen molar-refractivity contribution in [2.45, 2.75) is 13.8 Å². The molecular formula is C16H17NO3. The third-order valence-corrected chi connectivity index (χ3v) is 3.16. The molecule has 1 aromatic heterocycles. The lowest BCUT2D eigenvalue weighted by molar-refractivity contribution is 0.0514. The van der Waals surface area contributed by atoms with Crippen LogP contribution >= 0.6 is 0 Å². The predicted molar refractivity (Wildman–Crippen MR) is 76.0 cm³/mol. The van der Waals surface area contributed by atoms with Gasteiger partial charge in [0, 0.05) is 12.6 Å². The van der Waals surface area contributed by atoms with E-state index < -0.39 is 5.97 Å². The van der Waals surface area contributed by atoms with E-state index in [-0.39, 0.29) is 5.78 Å². The average molecular weight is 271 g/mol. The van der Waals surface area contributed by atoms with E-state index >= 15 is 0 Å². The van der Waals surface area contributed by atoms with Crippen molar-refractivity contribution in [3.05, 3.63) is 58.9 Å². The molecule has 0 bridgehead atoms. The van der Waals surface area contributed by atoms with Gasteiger partial charge in [-0.2, -0.15) is 0 Å². The van der Waals surface area contributed by atoms with Crippen LogP contribution in [0.5, 0.6) is 0 Å². The van der Waals surface area contributed by atoms with Crippen LogP contribution in [0.25, 0.3) is 0 Å². The van der Waals surface area contributed by atoms with Crippen LogP contribution in [0.15, 0.2) is 36.4 Å². The summed E-state index contributed by atoms with van der Waals surface area (Å²) in [6.45, 7) is 3.87. The molecule has 4 heteroatoms. The maximum absolute atomic E-state index is 12.4. The minimum Gasteiger partial charge on any atom is -0.461 e. The smallest absolute Gasteiger partial charge is 0.355 e. The van der Waals surface area contributed by atoms with Crippen LogP contribution in [0.1, 0.15) is 39.0 Å². The number of benzene rings is 1. The number of carbonyl (C=O) groups excluding carboxylic acids is 2. The Bertz CT molecular complexity index is 641. The number of aryl methyl sites for hydroxylation is 1. The van der Waals surface area contributed by atoms with Gasteiger partial charge in [0.2, 0.25) is 5.78 Å². The molecule has 0 aliphatic rings. The molecule has 0 spiro atoms. The number of ether oxygens (including phenoxy) is 1. The van der Waals surface area contributed by atoms with Crippen LogP contribution < -0.4 is 0 Å². The fourth-order valence-corrected chi connectivity index (χ4v) is 2.21. The lowest BCUT2D eigenvalue weighted by Crippen LogP contribution is -2.14. The first kappa shape index (κ1) is 14.1. The minimum absolute atomic E-state index is 0.105. The van der Waals surface area contributed by atoms with Crippen LogP contribution in [-0.4, -0.2) is 22.9 Å². The maximum atomic E-state index is 12.4. The molecule has 0 radical (unpaired) electrons. The first-order valence-electron chi connectivity index (χ1n) is 6.49. The molecule has 0 saturated heterocycles. The highest BCUT2D eigenvalue weighted by Gasteiger charge is 2.21. The van der Waals surface area contributed by atoms with Crippen LogP contribution in [0.2, 0.25) is 0 Å². The summed E-state index contributed by atoms with van der Waals surface area (Å²) in [6.07, 6.45) is 0. The fourth-order valence-electron chi connectivity index (χ4n) is 2.21. The Morgan fingerprint density at radius 2 is 1.85 bits per heavy atom. The van der Waals surface area contributed by atoms with Gasteiger partial charge < -0.3 is 9.30 Å². The average Bonchev–Trinajstić information content (AvgIpc) is 2.74. The highest BCUT2D eigenvalue weighted by Crippen LogP contribution is 2.18. The summed E-state index contributed by atoms with van der Waals surface area (Å²) in [7, 11) is 1.70. The summed E-state index contributed by atoms with van der Waals surface area (Å²) in [5.41, 5.74) is 2.25. The van der Waals surface area contributed by atoms with E-state index in [2.05, 4.69) is 0 Å². The third-order valence-electron chi connectivity index (χ3n) is 3.16. The number of rotatable bonds is 4. The second kappa shape index (κ2) is 5.74. The van der Waals surface area contributed by atoms with Gasteiger partial charge in [-0.05, 0) is 25.5 Å². The summed E-state index contributed by atoms with van der Waals surface area (Å²) in [4.78, 5) is 24.3. The van der Waals surface area contributed by atoms with Gasteiger partial charge in [-0.15, -0.1) is 0 Å². The first-order valence-corrected chi connectivity index (χ1v) is 6.49. The van der Waals surface area contributed by atoms with Gasteiger partial charge in [0.15, 0.2) is 0 Å². The molecule has 104 valence electrons.